The molecule has 65 heavy (non-hydrogen) atoms. The molecule has 356 valence electrons. The molecule has 1 N–H and O–H groups in total. The number of benzene rings is 2. The van der Waals surface area contributed by atoms with Crippen molar-refractivity contribution in [1.29, 1.82) is 0 Å². The molecule has 2 aromatic carbocycles. The minimum absolute atomic E-state index is 0. The van der Waals surface area contributed by atoms with E-state index < -0.39 is 42.3 Å². The Kier molecular flexibility index (Phi) is 17.4. The smallest absolute Gasteiger partial charge is 0.436 e. The molecular weight excluding hydrogens is 843 g/mol. The summed E-state index contributed by atoms with van der Waals surface area (Å²) in [5, 5.41) is 3.03. The van der Waals surface area contributed by atoms with Crippen LogP contribution in [0.15, 0.2) is 45.6 Å². The molecule has 1 aromatic heterocycles. The van der Waals surface area contributed by atoms with Gasteiger partial charge in [-0.25, -0.2) is 24.0 Å². The number of carbonyl (C=O) groups excluding carboxylic acids is 6. The SMILES string of the molecule is C.CCOC(=O)OC(C)OC(=O)C(=O)N1CCC(C)CC1.Cc1cc(C[C@@H](OC(=O)N2CCC(N3CCc4ccccc4NC3=O)CC2)C(=O)N2CCN(C)CC2)cc2oc(=O)n(C)c12. The Morgan fingerprint density at radius 3 is 2.17 bits per heavy atom. The van der Waals surface area contributed by atoms with Crippen molar-refractivity contribution in [1.82, 2.24) is 29.1 Å². The highest BCUT2D eigenvalue weighted by Gasteiger charge is 2.36. The van der Waals surface area contributed by atoms with Crippen molar-refractivity contribution in [3.8, 4) is 0 Å². The highest BCUT2D eigenvalue weighted by Crippen LogP contribution is 2.26. The number of aromatic nitrogens is 1. The molecule has 5 amide bonds. The maximum absolute atomic E-state index is 13.7. The molecule has 19 nitrogen and oxygen atoms in total. The molecule has 3 saturated heterocycles. The molecule has 0 aliphatic carbocycles. The van der Waals surface area contributed by atoms with E-state index in [0.29, 0.717) is 75.7 Å². The van der Waals surface area contributed by atoms with Crippen molar-refractivity contribution in [3.63, 3.8) is 0 Å². The first-order valence-electron chi connectivity index (χ1n) is 22.1. The van der Waals surface area contributed by atoms with E-state index in [-0.39, 0.29) is 38.4 Å². The molecule has 19 heteroatoms. The normalized spacial score (nSPS) is 18.2. The van der Waals surface area contributed by atoms with Gasteiger partial charge in [-0.1, -0.05) is 38.6 Å². The summed E-state index contributed by atoms with van der Waals surface area (Å²) >= 11 is 0. The molecule has 1 unspecified atom stereocenters. The van der Waals surface area contributed by atoms with Crippen LogP contribution in [-0.4, -0.2) is 156 Å². The van der Waals surface area contributed by atoms with Crippen LogP contribution in [0.25, 0.3) is 11.1 Å². The molecule has 0 bridgehead atoms. The number of hydrogen-bond donors (Lipinski definition) is 1. The van der Waals surface area contributed by atoms with Gasteiger partial charge in [0.05, 0.1) is 12.1 Å². The lowest BCUT2D eigenvalue weighted by molar-refractivity contribution is -0.177. The fourth-order valence-electron chi connectivity index (χ4n) is 8.47. The summed E-state index contributed by atoms with van der Waals surface area (Å²) in [6.07, 6.45) is 0.265. The molecule has 3 fully saturated rings. The van der Waals surface area contributed by atoms with Gasteiger partial charge in [-0.15, -0.1) is 0 Å². The Hall–Kier alpha value is -6.11. The monoisotopic (exact) mass is 907 g/mol. The van der Waals surface area contributed by atoms with Gasteiger partial charge in [-0.2, -0.15) is 0 Å². The standard InChI is InChI=1S/C32H40N6O6.C13H21NO6.CH4/c1-21-18-22(19-26-28(21)35(3)31(41)43-26)20-27(29(39)36-16-14-34(2)15-17-36)44-32(42)37-11-9-24(10-12-37)38-13-8-23-6-4-5-7-25(23)33-30(38)40;1-4-18-13(17)20-10(3)19-12(16)11(15)14-7-5-9(2)6-8-14;/h4-7,18-19,24,27H,8-17,20H2,1-3H3,(H,33,40);9-10H,4-8H2,1-3H3;1H4/t27-;;/m1../s1. The van der Waals surface area contributed by atoms with Gasteiger partial charge in [0, 0.05) is 91.0 Å². The second kappa shape index (κ2) is 22.7. The van der Waals surface area contributed by atoms with Gasteiger partial charge in [0.25, 0.3) is 5.91 Å². The zero-order valence-electron chi connectivity index (χ0n) is 37.7. The topological polar surface area (TPSA) is 203 Å². The van der Waals surface area contributed by atoms with E-state index in [1.807, 2.05) is 49.2 Å². The first kappa shape index (κ1) is 49.9. The lowest BCUT2D eigenvalue weighted by Crippen LogP contribution is -2.53. The van der Waals surface area contributed by atoms with Crippen LogP contribution in [0.5, 0.6) is 0 Å². The Labute approximate surface area is 379 Å². The molecule has 0 radical (unpaired) electrons. The lowest BCUT2D eigenvalue weighted by atomic mass is 9.99. The fourth-order valence-corrected chi connectivity index (χ4v) is 8.47. The van der Waals surface area contributed by atoms with Crippen LogP contribution in [-0.2, 0) is 53.2 Å². The van der Waals surface area contributed by atoms with Gasteiger partial charge in [-0.05, 0) is 87.7 Å². The van der Waals surface area contributed by atoms with E-state index in [4.69, 9.17) is 13.9 Å². The number of nitrogens with zero attached hydrogens (tertiary/aromatic N) is 6. The van der Waals surface area contributed by atoms with Crippen LogP contribution in [0.3, 0.4) is 0 Å². The number of piperidine rings is 2. The highest BCUT2D eigenvalue weighted by molar-refractivity contribution is 6.32. The van der Waals surface area contributed by atoms with Crippen molar-refractivity contribution >= 4 is 52.9 Å². The van der Waals surface area contributed by atoms with E-state index in [0.717, 1.165) is 54.7 Å². The number of urea groups is 1. The van der Waals surface area contributed by atoms with E-state index in [1.165, 1.54) is 16.4 Å². The largest absolute Gasteiger partial charge is 0.511 e. The molecular formula is C46H65N7O12. The Morgan fingerprint density at radius 1 is 0.831 bits per heavy atom. The number of hydrogen-bond acceptors (Lipinski definition) is 13. The summed E-state index contributed by atoms with van der Waals surface area (Å²) in [7, 11) is 3.67. The van der Waals surface area contributed by atoms with Gasteiger partial charge >= 0.3 is 35.9 Å². The predicted molar refractivity (Wildman–Crippen MR) is 240 cm³/mol. The second-order valence-corrected chi connectivity index (χ2v) is 16.9. The van der Waals surface area contributed by atoms with E-state index in [9.17, 15) is 33.6 Å². The van der Waals surface area contributed by atoms with Gasteiger partial charge in [0.1, 0.15) is 0 Å². The Morgan fingerprint density at radius 2 is 1.49 bits per heavy atom. The predicted octanol–water partition coefficient (Wildman–Crippen LogP) is 4.76. The summed E-state index contributed by atoms with van der Waals surface area (Å²) in [4.78, 5) is 95.7. The summed E-state index contributed by atoms with van der Waals surface area (Å²) in [5.41, 5.74) is 4.68. The number of rotatable bonds is 8. The average molecular weight is 908 g/mol. The average Bonchev–Trinajstić information content (AvgIpc) is 3.44. The van der Waals surface area contributed by atoms with Gasteiger partial charge < -0.3 is 53.2 Å². The summed E-state index contributed by atoms with van der Waals surface area (Å²) < 4.78 is 26.8. The van der Waals surface area contributed by atoms with Crippen LogP contribution in [0.1, 0.15) is 70.6 Å². The minimum atomic E-state index is -1.16. The van der Waals surface area contributed by atoms with Crippen molar-refractivity contribution in [3.05, 3.63) is 63.6 Å². The van der Waals surface area contributed by atoms with Crippen LogP contribution in [0, 0.1) is 12.8 Å². The van der Waals surface area contributed by atoms with Gasteiger partial charge in [0.15, 0.2) is 11.7 Å². The third kappa shape index (κ3) is 12.8. The summed E-state index contributed by atoms with van der Waals surface area (Å²) in [5.74, 6) is -1.84. The molecule has 4 aliphatic rings. The van der Waals surface area contributed by atoms with Crippen molar-refractivity contribution < 1.29 is 52.1 Å². The first-order chi connectivity index (χ1) is 30.6. The van der Waals surface area contributed by atoms with E-state index >= 15 is 0 Å². The number of aryl methyl sites for hydroxylation is 2. The number of nitrogens with one attached hydrogen (secondary N) is 1. The van der Waals surface area contributed by atoms with Crippen LogP contribution < -0.4 is 11.1 Å². The zero-order valence-corrected chi connectivity index (χ0v) is 37.7. The van der Waals surface area contributed by atoms with E-state index in [2.05, 4.69) is 26.6 Å². The lowest BCUT2D eigenvalue weighted by Gasteiger charge is -2.38. The van der Waals surface area contributed by atoms with Gasteiger partial charge in [0.2, 0.25) is 6.29 Å². The zero-order chi connectivity index (χ0) is 46.1. The Bertz CT molecular complexity index is 2220. The van der Waals surface area contributed by atoms with Gasteiger partial charge in [-0.3, -0.25) is 14.2 Å². The number of likely N-dealkylation sites (N-methyl/N-ethyl adjacent to an activating group) is 1. The maximum Gasteiger partial charge on any atom is 0.511 e. The van der Waals surface area contributed by atoms with Crippen LogP contribution >= 0.6 is 0 Å². The Balaban J connectivity index is 0.000000319. The minimum Gasteiger partial charge on any atom is -0.436 e. The summed E-state index contributed by atoms with van der Waals surface area (Å²) in [6, 6.07) is 11.4. The van der Waals surface area contributed by atoms with Crippen molar-refractivity contribution in [2.24, 2.45) is 13.0 Å². The number of para-hydroxylation sites is 1. The number of esters is 1. The quantitative estimate of drug-likeness (QED) is 0.141. The van der Waals surface area contributed by atoms with Crippen LogP contribution in [0.4, 0.5) is 20.1 Å². The number of likely N-dealkylation sites (tertiary alicyclic amines) is 2. The number of carbonyl (C=O) groups is 6. The molecule has 2 atom stereocenters. The number of ether oxygens (including phenoxy) is 4. The first-order valence-corrected chi connectivity index (χ1v) is 22.1. The number of fused-ring (bicyclic) bond motifs is 2. The molecule has 5 heterocycles. The maximum atomic E-state index is 13.7. The van der Waals surface area contributed by atoms with Crippen molar-refractivity contribution in [2.75, 3.05) is 77.9 Å². The number of amides is 5. The molecule has 7 rings (SSSR count). The third-order valence-corrected chi connectivity index (χ3v) is 12.2. The molecule has 3 aromatic rings. The molecule has 0 saturated carbocycles. The highest BCUT2D eigenvalue weighted by atomic mass is 16.8. The number of piperazine rings is 1. The molecule has 4 aliphatic heterocycles. The van der Waals surface area contributed by atoms with Crippen LogP contribution in [0.2, 0.25) is 0 Å². The number of anilines is 1. The molecule has 0 spiro atoms. The summed E-state index contributed by atoms with van der Waals surface area (Å²) in [6.45, 7) is 12.3. The van der Waals surface area contributed by atoms with E-state index in [1.54, 1.807) is 29.8 Å². The third-order valence-electron chi connectivity index (χ3n) is 12.2. The fraction of sp³-hybridized carbons (Fsp3) is 0.587. The second-order valence-electron chi connectivity index (χ2n) is 16.9. The van der Waals surface area contributed by atoms with Crippen molar-refractivity contribution in [2.45, 2.75) is 92.1 Å². The number of oxazole rings is 1.